The Bertz CT molecular complexity index is 862. The van der Waals surface area contributed by atoms with Gasteiger partial charge >= 0.3 is 0 Å². The Morgan fingerprint density at radius 2 is 1.77 bits per heavy atom. The van der Waals surface area contributed by atoms with Crippen LogP contribution < -0.4 is 0 Å². The van der Waals surface area contributed by atoms with Crippen LogP contribution in [0.5, 0.6) is 0 Å². The van der Waals surface area contributed by atoms with E-state index >= 15 is 0 Å². The number of rotatable bonds is 4. The van der Waals surface area contributed by atoms with Crippen molar-refractivity contribution >= 4 is 22.4 Å². The number of nitro groups is 1. The van der Waals surface area contributed by atoms with Crippen molar-refractivity contribution in [3.8, 4) is 0 Å². The summed E-state index contributed by atoms with van der Waals surface area (Å²) in [4.78, 5) is 22.6. The van der Waals surface area contributed by atoms with Crippen LogP contribution in [0.4, 0.5) is 5.69 Å². The Balaban J connectivity index is 1.95. The maximum absolute atomic E-state index is 12.4. The molecular formula is C17H13NO4. The summed E-state index contributed by atoms with van der Waals surface area (Å²) < 4.78 is 5.65. The summed E-state index contributed by atoms with van der Waals surface area (Å²) in [5.41, 5.74) is 1.54. The molecule has 0 fully saturated rings. The number of aryl methyl sites for hydroxylation is 1. The van der Waals surface area contributed by atoms with Gasteiger partial charge in [0.05, 0.1) is 4.92 Å². The van der Waals surface area contributed by atoms with Gasteiger partial charge in [-0.15, -0.1) is 0 Å². The maximum atomic E-state index is 12.4. The predicted octanol–water partition coefficient (Wildman–Crippen LogP) is 4.13. The van der Waals surface area contributed by atoms with Gasteiger partial charge in [0.15, 0.2) is 5.78 Å². The highest BCUT2D eigenvalue weighted by atomic mass is 16.6. The number of nitro benzene ring substituents is 1. The Kier molecular flexibility index (Phi) is 3.47. The van der Waals surface area contributed by atoms with E-state index in [1.807, 2.05) is 19.1 Å². The number of carbonyl (C=O) groups excluding carboxylic acids is 1. The second-order valence-electron chi connectivity index (χ2n) is 4.95. The van der Waals surface area contributed by atoms with Crippen LogP contribution in [0, 0.1) is 10.1 Å². The fourth-order valence-electron chi connectivity index (χ4n) is 2.30. The molecule has 1 heterocycles. The van der Waals surface area contributed by atoms with Crippen LogP contribution in [0.1, 0.15) is 28.6 Å². The van der Waals surface area contributed by atoms with Crippen LogP contribution in [0.15, 0.2) is 52.9 Å². The first-order valence-corrected chi connectivity index (χ1v) is 6.90. The van der Waals surface area contributed by atoms with Crippen molar-refractivity contribution in [2.24, 2.45) is 0 Å². The number of furan rings is 1. The fraction of sp³-hybridized carbons (Fsp3) is 0.118. The van der Waals surface area contributed by atoms with E-state index in [0.29, 0.717) is 16.7 Å². The van der Waals surface area contributed by atoms with Crippen molar-refractivity contribution in [3.05, 3.63) is 75.5 Å². The van der Waals surface area contributed by atoms with E-state index in [-0.39, 0.29) is 11.5 Å². The van der Waals surface area contributed by atoms with Gasteiger partial charge in [0.2, 0.25) is 0 Å². The molecule has 0 unspecified atom stereocenters. The first-order chi connectivity index (χ1) is 10.6. The van der Waals surface area contributed by atoms with E-state index < -0.39 is 4.92 Å². The summed E-state index contributed by atoms with van der Waals surface area (Å²) >= 11 is 0. The van der Waals surface area contributed by atoms with Gasteiger partial charge in [-0.3, -0.25) is 14.9 Å². The van der Waals surface area contributed by atoms with Gasteiger partial charge in [-0.25, -0.2) is 0 Å². The average molecular weight is 295 g/mol. The number of carbonyl (C=O) groups is 1. The molecule has 0 atom stereocenters. The molecule has 0 radical (unpaired) electrons. The van der Waals surface area contributed by atoms with Gasteiger partial charge in [-0.1, -0.05) is 19.1 Å². The zero-order chi connectivity index (χ0) is 15.7. The average Bonchev–Trinajstić information content (AvgIpc) is 2.96. The number of benzene rings is 2. The number of fused-ring (bicyclic) bond motifs is 1. The molecule has 2 aromatic carbocycles. The molecule has 0 aliphatic heterocycles. The minimum atomic E-state index is -0.491. The van der Waals surface area contributed by atoms with Crippen molar-refractivity contribution in [2.45, 2.75) is 13.3 Å². The zero-order valence-electron chi connectivity index (χ0n) is 11.9. The molecule has 22 heavy (non-hydrogen) atoms. The Hall–Kier alpha value is -2.95. The Morgan fingerprint density at radius 3 is 2.41 bits per heavy atom. The standard InChI is InChI=1S/C17H13NO4/c1-2-15-9-12-3-4-13(10-16(12)22-15)17(19)11-5-7-14(8-6-11)18(20)21/h3-10H,2H2,1H3. The van der Waals surface area contributed by atoms with Gasteiger partial charge in [-0.2, -0.15) is 0 Å². The lowest BCUT2D eigenvalue weighted by atomic mass is 10.0. The molecule has 0 aliphatic rings. The number of hydrogen-bond donors (Lipinski definition) is 0. The van der Waals surface area contributed by atoms with Gasteiger partial charge in [0, 0.05) is 35.1 Å². The number of hydrogen-bond acceptors (Lipinski definition) is 4. The summed E-state index contributed by atoms with van der Waals surface area (Å²) in [5.74, 6) is 0.682. The molecule has 3 rings (SSSR count). The summed E-state index contributed by atoms with van der Waals surface area (Å²) in [5, 5.41) is 11.6. The Morgan fingerprint density at radius 1 is 1.09 bits per heavy atom. The fourth-order valence-corrected chi connectivity index (χ4v) is 2.30. The quantitative estimate of drug-likeness (QED) is 0.412. The largest absolute Gasteiger partial charge is 0.461 e. The van der Waals surface area contributed by atoms with Crippen LogP contribution >= 0.6 is 0 Å². The van der Waals surface area contributed by atoms with Crippen molar-refractivity contribution in [2.75, 3.05) is 0 Å². The monoisotopic (exact) mass is 295 g/mol. The number of non-ortho nitro benzene ring substituents is 1. The molecule has 5 nitrogen and oxygen atoms in total. The topological polar surface area (TPSA) is 73.3 Å². The lowest BCUT2D eigenvalue weighted by molar-refractivity contribution is -0.384. The van der Waals surface area contributed by atoms with Crippen LogP contribution in [0.3, 0.4) is 0 Å². The molecule has 0 spiro atoms. The molecule has 0 saturated heterocycles. The second-order valence-corrected chi connectivity index (χ2v) is 4.95. The lowest BCUT2D eigenvalue weighted by Crippen LogP contribution is -2.01. The molecule has 110 valence electrons. The molecule has 0 bridgehead atoms. The molecule has 3 aromatic rings. The lowest BCUT2D eigenvalue weighted by Gasteiger charge is -2.01. The van der Waals surface area contributed by atoms with E-state index in [1.165, 1.54) is 24.3 Å². The number of ketones is 1. The van der Waals surface area contributed by atoms with E-state index in [1.54, 1.807) is 12.1 Å². The van der Waals surface area contributed by atoms with Crippen molar-refractivity contribution < 1.29 is 14.1 Å². The third-order valence-electron chi connectivity index (χ3n) is 3.52. The summed E-state index contributed by atoms with van der Waals surface area (Å²) in [6.07, 6.45) is 0.792. The molecule has 5 heteroatoms. The van der Waals surface area contributed by atoms with Crippen molar-refractivity contribution in [1.82, 2.24) is 0 Å². The summed E-state index contributed by atoms with van der Waals surface area (Å²) in [6, 6.07) is 12.8. The van der Waals surface area contributed by atoms with Crippen molar-refractivity contribution in [1.29, 1.82) is 0 Å². The van der Waals surface area contributed by atoms with Crippen LogP contribution in [0.25, 0.3) is 11.0 Å². The molecule has 1 aromatic heterocycles. The van der Waals surface area contributed by atoms with E-state index in [2.05, 4.69) is 0 Å². The summed E-state index contributed by atoms with van der Waals surface area (Å²) in [6.45, 7) is 2.00. The van der Waals surface area contributed by atoms with Gasteiger partial charge in [0.25, 0.3) is 5.69 Å². The van der Waals surface area contributed by atoms with E-state index in [9.17, 15) is 14.9 Å². The third-order valence-corrected chi connectivity index (χ3v) is 3.52. The maximum Gasteiger partial charge on any atom is 0.269 e. The minimum absolute atomic E-state index is 0.0365. The molecule has 0 amide bonds. The number of nitrogens with zero attached hydrogens (tertiary/aromatic N) is 1. The predicted molar refractivity (Wildman–Crippen MR) is 82.1 cm³/mol. The van der Waals surface area contributed by atoms with Crippen LogP contribution in [0.2, 0.25) is 0 Å². The van der Waals surface area contributed by atoms with Crippen LogP contribution in [-0.4, -0.2) is 10.7 Å². The normalized spacial score (nSPS) is 10.8. The van der Waals surface area contributed by atoms with Gasteiger partial charge in [-0.05, 0) is 24.3 Å². The smallest absolute Gasteiger partial charge is 0.269 e. The highest BCUT2D eigenvalue weighted by molar-refractivity contribution is 6.10. The van der Waals surface area contributed by atoms with Crippen molar-refractivity contribution in [3.63, 3.8) is 0 Å². The Labute approximate surface area is 126 Å². The highest BCUT2D eigenvalue weighted by Gasteiger charge is 2.13. The zero-order valence-corrected chi connectivity index (χ0v) is 11.9. The second kappa shape index (κ2) is 5.44. The van der Waals surface area contributed by atoms with E-state index in [0.717, 1.165) is 17.6 Å². The first-order valence-electron chi connectivity index (χ1n) is 6.90. The first kappa shape index (κ1) is 14.0. The molecular weight excluding hydrogens is 282 g/mol. The van der Waals surface area contributed by atoms with Gasteiger partial charge < -0.3 is 4.42 Å². The molecule has 0 aliphatic carbocycles. The van der Waals surface area contributed by atoms with Crippen LogP contribution in [-0.2, 0) is 6.42 Å². The van der Waals surface area contributed by atoms with Gasteiger partial charge in [0.1, 0.15) is 11.3 Å². The molecule has 0 N–H and O–H groups in total. The summed E-state index contributed by atoms with van der Waals surface area (Å²) in [7, 11) is 0. The van der Waals surface area contributed by atoms with E-state index in [4.69, 9.17) is 4.42 Å². The molecule has 0 saturated carbocycles. The highest BCUT2D eigenvalue weighted by Crippen LogP contribution is 2.23. The minimum Gasteiger partial charge on any atom is -0.461 e. The third kappa shape index (κ3) is 2.48. The SMILES string of the molecule is CCc1cc2ccc(C(=O)c3ccc([N+](=O)[O-])cc3)cc2o1.